The minimum Gasteiger partial charge on any atom is -0.465 e. The van der Waals surface area contributed by atoms with Gasteiger partial charge in [-0.2, -0.15) is 4.98 Å². The quantitative estimate of drug-likeness (QED) is 0.727. The van der Waals surface area contributed by atoms with Crippen LogP contribution in [0.4, 0.5) is 4.39 Å². The van der Waals surface area contributed by atoms with E-state index in [0.29, 0.717) is 17.1 Å². The van der Waals surface area contributed by atoms with Crippen LogP contribution < -0.4 is 5.32 Å². The molecule has 1 N–H and O–H groups in total. The van der Waals surface area contributed by atoms with Crippen molar-refractivity contribution >= 4 is 12.0 Å². The summed E-state index contributed by atoms with van der Waals surface area (Å²) < 4.78 is 23.2. The SMILES string of the molecule is C[C@H](NC(=O)/C=C\c1ccco1)c1nc(-c2ccc(F)cc2)no1. The number of nitrogens with zero attached hydrogens (tertiary/aromatic N) is 2. The van der Waals surface area contributed by atoms with Gasteiger partial charge < -0.3 is 14.3 Å². The zero-order valence-corrected chi connectivity index (χ0v) is 12.8. The Morgan fingerprint density at radius 2 is 2.08 bits per heavy atom. The van der Waals surface area contributed by atoms with E-state index in [0.717, 1.165) is 0 Å². The minimum atomic E-state index is -0.472. The number of hydrogen-bond donors (Lipinski definition) is 1. The Hall–Kier alpha value is -3.22. The third kappa shape index (κ3) is 3.75. The molecule has 1 amide bonds. The number of aromatic nitrogens is 2. The van der Waals surface area contributed by atoms with Crippen LogP contribution >= 0.6 is 0 Å². The van der Waals surface area contributed by atoms with Gasteiger partial charge in [-0.3, -0.25) is 4.79 Å². The summed E-state index contributed by atoms with van der Waals surface area (Å²) >= 11 is 0. The largest absolute Gasteiger partial charge is 0.465 e. The number of hydrogen-bond acceptors (Lipinski definition) is 5. The second-order valence-corrected chi connectivity index (χ2v) is 5.04. The molecule has 6 nitrogen and oxygen atoms in total. The molecule has 2 aromatic heterocycles. The molecule has 3 rings (SSSR count). The highest BCUT2D eigenvalue weighted by molar-refractivity contribution is 5.91. The lowest BCUT2D eigenvalue weighted by Gasteiger charge is -2.06. The van der Waals surface area contributed by atoms with Gasteiger partial charge in [0.15, 0.2) is 0 Å². The fourth-order valence-electron chi connectivity index (χ4n) is 1.99. The van der Waals surface area contributed by atoms with E-state index in [4.69, 9.17) is 8.94 Å². The summed E-state index contributed by atoms with van der Waals surface area (Å²) in [6.07, 6.45) is 4.43. The van der Waals surface area contributed by atoms with Crippen LogP contribution in [-0.4, -0.2) is 16.0 Å². The second-order valence-electron chi connectivity index (χ2n) is 5.04. The maximum Gasteiger partial charge on any atom is 0.249 e. The van der Waals surface area contributed by atoms with E-state index in [-0.39, 0.29) is 17.6 Å². The predicted octanol–water partition coefficient (Wildman–Crippen LogP) is 3.36. The van der Waals surface area contributed by atoms with Crippen LogP contribution in [-0.2, 0) is 4.79 Å². The smallest absolute Gasteiger partial charge is 0.249 e. The first-order chi connectivity index (χ1) is 11.6. The molecule has 7 heteroatoms. The third-order valence-electron chi connectivity index (χ3n) is 3.22. The predicted molar refractivity (Wildman–Crippen MR) is 84.0 cm³/mol. The highest BCUT2D eigenvalue weighted by Crippen LogP contribution is 2.19. The highest BCUT2D eigenvalue weighted by Gasteiger charge is 2.16. The van der Waals surface area contributed by atoms with Crippen molar-refractivity contribution in [2.75, 3.05) is 0 Å². The van der Waals surface area contributed by atoms with E-state index in [1.54, 1.807) is 37.3 Å². The van der Waals surface area contributed by atoms with E-state index in [9.17, 15) is 9.18 Å². The van der Waals surface area contributed by atoms with Crippen molar-refractivity contribution in [3.05, 3.63) is 66.2 Å². The molecule has 0 aliphatic rings. The highest BCUT2D eigenvalue weighted by atomic mass is 19.1. The number of carbonyl (C=O) groups excluding carboxylic acids is 1. The molecule has 0 aliphatic carbocycles. The maximum absolute atomic E-state index is 12.9. The fourth-order valence-corrected chi connectivity index (χ4v) is 1.99. The molecule has 0 fully saturated rings. The van der Waals surface area contributed by atoms with Gasteiger partial charge in [-0.25, -0.2) is 4.39 Å². The molecule has 24 heavy (non-hydrogen) atoms. The van der Waals surface area contributed by atoms with Crippen molar-refractivity contribution < 1.29 is 18.1 Å². The Bertz CT molecular complexity index is 838. The van der Waals surface area contributed by atoms with Crippen molar-refractivity contribution in [3.8, 4) is 11.4 Å². The molecular weight excluding hydrogens is 313 g/mol. The fraction of sp³-hybridized carbons (Fsp3) is 0.118. The van der Waals surface area contributed by atoms with Crippen LogP contribution in [0.2, 0.25) is 0 Å². The van der Waals surface area contributed by atoms with E-state index >= 15 is 0 Å². The van der Waals surface area contributed by atoms with Crippen LogP contribution in [0.3, 0.4) is 0 Å². The molecule has 2 heterocycles. The van der Waals surface area contributed by atoms with Crippen molar-refractivity contribution in [2.45, 2.75) is 13.0 Å². The Kier molecular flexibility index (Phi) is 4.51. The monoisotopic (exact) mass is 327 g/mol. The maximum atomic E-state index is 12.9. The van der Waals surface area contributed by atoms with E-state index < -0.39 is 6.04 Å². The standard InChI is InChI=1S/C17H14FN3O3/c1-11(19-15(22)9-8-14-3-2-10-23-14)17-20-16(21-24-17)12-4-6-13(18)7-5-12/h2-11H,1H3,(H,19,22)/b9-8-/t11-/m0/s1. The molecule has 3 aromatic rings. The Balaban J connectivity index is 1.64. The summed E-state index contributed by atoms with van der Waals surface area (Å²) in [7, 11) is 0. The van der Waals surface area contributed by atoms with Gasteiger partial charge in [-0.1, -0.05) is 5.16 Å². The van der Waals surface area contributed by atoms with Gasteiger partial charge in [0.2, 0.25) is 17.6 Å². The summed E-state index contributed by atoms with van der Waals surface area (Å²) in [4.78, 5) is 16.1. The Labute approximate surface area is 137 Å². The number of nitrogens with one attached hydrogen (secondary N) is 1. The van der Waals surface area contributed by atoms with Gasteiger partial charge in [-0.05, 0) is 49.4 Å². The number of halogens is 1. The summed E-state index contributed by atoms with van der Waals surface area (Å²) in [6.45, 7) is 1.72. The van der Waals surface area contributed by atoms with E-state index in [2.05, 4.69) is 15.5 Å². The van der Waals surface area contributed by atoms with E-state index in [1.165, 1.54) is 24.5 Å². The van der Waals surface area contributed by atoms with Gasteiger partial charge in [0, 0.05) is 11.6 Å². The average Bonchev–Trinajstić information content (AvgIpc) is 3.25. The molecule has 0 saturated carbocycles. The van der Waals surface area contributed by atoms with Crippen molar-refractivity contribution in [1.82, 2.24) is 15.5 Å². The average molecular weight is 327 g/mol. The van der Waals surface area contributed by atoms with Gasteiger partial charge in [0.25, 0.3) is 0 Å². The summed E-state index contributed by atoms with van der Waals surface area (Å²) in [5.74, 6) is 0.507. The lowest BCUT2D eigenvalue weighted by molar-refractivity contribution is -0.117. The van der Waals surface area contributed by atoms with Crippen molar-refractivity contribution in [1.29, 1.82) is 0 Å². The van der Waals surface area contributed by atoms with Gasteiger partial charge in [0.05, 0.1) is 6.26 Å². The van der Waals surface area contributed by atoms with Crippen LogP contribution in [0.15, 0.2) is 57.7 Å². The number of carbonyl (C=O) groups is 1. The van der Waals surface area contributed by atoms with Gasteiger partial charge in [-0.15, -0.1) is 0 Å². The van der Waals surface area contributed by atoms with Gasteiger partial charge in [0.1, 0.15) is 17.6 Å². The second kappa shape index (κ2) is 6.91. The van der Waals surface area contributed by atoms with E-state index in [1.807, 2.05) is 0 Å². The van der Waals surface area contributed by atoms with Crippen LogP contribution in [0, 0.1) is 5.82 Å². The molecule has 0 radical (unpaired) electrons. The first kappa shape index (κ1) is 15.7. The van der Waals surface area contributed by atoms with Crippen molar-refractivity contribution in [3.63, 3.8) is 0 Å². The Morgan fingerprint density at radius 3 is 2.79 bits per heavy atom. The molecule has 0 aliphatic heterocycles. The number of amides is 1. The topological polar surface area (TPSA) is 81.2 Å². The van der Waals surface area contributed by atoms with Gasteiger partial charge >= 0.3 is 0 Å². The first-order valence-corrected chi connectivity index (χ1v) is 7.23. The summed E-state index contributed by atoms with van der Waals surface area (Å²) in [5.41, 5.74) is 0.627. The van der Waals surface area contributed by atoms with Crippen LogP contribution in [0.1, 0.15) is 24.6 Å². The molecule has 0 unspecified atom stereocenters. The molecule has 0 saturated heterocycles. The summed E-state index contributed by atoms with van der Waals surface area (Å²) in [6, 6.07) is 8.74. The third-order valence-corrected chi connectivity index (χ3v) is 3.22. The zero-order valence-electron chi connectivity index (χ0n) is 12.8. The number of benzene rings is 1. The van der Waals surface area contributed by atoms with Crippen LogP contribution in [0.5, 0.6) is 0 Å². The molecule has 122 valence electrons. The Morgan fingerprint density at radius 1 is 1.29 bits per heavy atom. The van der Waals surface area contributed by atoms with Crippen LogP contribution in [0.25, 0.3) is 17.5 Å². The lowest BCUT2D eigenvalue weighted by atomic mass is 10.2. The van der Waals surface area contributed by atoms with Crippen molar-refractivity contribution in [2.24, 2.45) is 0 Å². The molecule has 0 spiro atoms. The molecular formula is C17H14FN3O3. The molecule has 0 bridgehead atoms. The molecule has 1 aromatic carbocycles. The first-order valence-electron chi connectivity index (χ1n) is 7.23. The summed E-state index contributed by atoms with van der Waals surface area (Å²) in [5, 5.41) is 6.55. The molecule has 1 atom stereocenters. The number of rotatable bonds is 5. The minimum absolute atomic E-state index is 0.258. The zero-order chi connectivity index (χ0) is 16.9. The lowest BCUT2D eigenvalue weighted by Crippen LogP contribution is -2.24. The normalized spacial score (nSPS) is 12.4. The number of furan rings is 1.